The van der Waals surface area contributed by atoms with Gasteiger partial charge in [0.05, 0.1) is 0 Å². The van der Waals surface area contributed by atoms with Crippen molar-refractivity contribution >= 4 is 17.7 Å². The van der Waals surface area contributed by atoms with Crippen LogP contribution in [0.1, 0.15) is 38.3 Å². The molecule has 3 N–H and O–H groups in total. The Balaban J connectivity index is 2.79. The van der Waals surface area contributed by atoms with Gasteiger partial charge in [-0.15, -0.1) is 0 Å². The molecule has 0 spiro atoms. The summed E-state index contributed by atoms with van der Waals surface area (Å²) >= 11 is 0. The lowest BCUT2D eigenvalue weighted by atomic mass is 10.0. The highest BCUT2D eigenvalue weighted by atomic mass is 16.4. The Hall–Kier alpha value is -2.04. The van der Waals surface area contributed by atoms with E-state index in [-0.39, 0.29) is 5.92 Å². The number of carboxylic acids is 1. The third-order valence-corrected chi connectivity index (χ3v) is 3.29. The number of carboxylic acid groups (broad SMARTS) is 1. The lowest BCUT2D eigenvalue weighted by Crippen LogP contribution is -2.43. The van der Waals surface area contributed by atoms with Gasteiger partial charge in [0.25, 0.3) is 0 Å². The van der Waals surface area contributed by atoms with Crippen LogP contribution in [0.4, 0.5) is 10.5 Å². The number of para-hydroxylation sites is 1. The molecule has 0 fully saturated rings. The standard InChI is InChI=1S/C16H24N2O3/c1-5-12-8-6-7-11(4)14(12)18-16(21)17-13(15(19)20)9-10(2)3/h6-8,10,13H,5,9H2,1-4H3,(H,19,20)(H2,17,18,21)/t13-/m1/s1. The van der Waals surface area contributed by atoms with Crippen LogP contribution in [0, 0.1) is 12.8 Å². The van der Waals surface area contributed by atoms with Gasteiger partial charge in [0.2, 0.25) is 0 Å². The first-order chi connectivity index (χ1) is 9.85. The first-order valence-electron chi connectivity index (χ1n) is 7.24. The smallest absolute Gasteiger partial charge is 0.326 e. The maximum atomic E-state index is 12.0. The first-order valence-corrected chi connectivity index (χ1v) is 7.24. The second-order valence-corrected chi connectivity index (χ2v) is 5.58. The molecule has 0 unspecified atom stereocenters. The summed E-state index contributed by atoms with van der Waals surface area (Å²) in [7, 11) is 0. The van der Waals surface area contributed by atoms with E-state index in [2.05, 4.69) is 10.6 Å². The van der Waals surface area contributed by atoms with Crippen LogP contribution in [-0.4, -0.2) is 23.1 Å². The minimum Gasteiger partial charge on any atom is -0.480 e. The van der Waals surface area contributed by atoms with Crippen LogP contribution in [-0.2, 0) is 11.2 Å². The van der Waals surface area contributed by atoms with Crippen molar-refractivity contribution in [3.8, 4) is 0 Å². The number of amides is 2. The summed E-state index contributed by atoms with van der Waals surface area (Å²) in [6.45, 7) is 7.77. The number of hydrogen-bond acceptors (Lipinski definition) is 2. The molecule has 2 amide bonds. The average Bonchev–Trinajstić information content (AvgIpc) is 2.39. The average molecular weight is 292 g/mol. The fourth-order valence-electron chi connectivity index (χ4n) is 2.20. The molecule has 0 saturated carbocycles. The second-order valence-electron chi connectivity index (χ2n) is 5.58. The van der Waals surface area contributed by atoms with E-state index >= 15 is 0 Å². The molecular formula is C16H24N2O3. The molecule has 0 aliphatic carbocycles. The van der Waals surface area contributed by atoms with Crippen molar-refractivity contribution in [3.63, 3.8) is 0 Å². The zero-order valence-corrected chi connectivity index (χ0v) is 13.1. The van der Waals surface area contributed by atoms with Gasteiger partial charge in [-0.05, 0) is 36.8 Å². The molecule has 0 aromatic heterocycles. The van der Waals surface area contributed by atoms with Crippen molar-refractivity contribution < 1.29 is 14.7 Å². The van der Waals surface area contributed by atoms with Gasteiger partial charge in [-0.1, -0.05) is 39.0 Å². The molecular weight excluding hydrogens is 268 g/mol. The van der Waals surface area contributed by atoms with E-state index in [0.29, 0.717) is 6.42 Å². The van der Waals surface area contributed by atoms with Gasteiger partial charge in [0.1, 0.15) is 6.04 Å². The molecule has 1 aromatic carbocycles. The molecule has 0 aliphatic heterocycles. The molecule has 1 atom stereocenters. The predicted octanol–water partition coefficient (Wildman–Crippen LogP) is 3.18. The Morgan fingerprint density at radius 3 is 2.48 bits per heavy atom. The van der Waals surface area contributed by atoms with Gasteiger partial charge < -0.3 is 15.7 Å². The number of carbonyl (C=O) groups is 2. The summed E-state index contributed by atoms with van der Waals surface area (Å²) < 4.78 is 0. The largest absolute Gasteiger partial charge is 0.480 e. The zero-order chi connectivity index (χ0) is 16.0. The number of rotatable bonds is 6. The predicted molar refractivity (Wildman–Crippen MR) is 83.6 cm³/mol. The van der Waals surface area contributed by atoms with E-state index in [0.717, 1.165) is 23.2 Å². The van der Waals surface area contributed by atoms with Gasteiger partial charge >= 0.3 is 12.0 Å². The highest BCUT2D eigenvalue weighted by Crippen LogP contribution is 2.21. The monoisotopic (exact) mass is 292 g/mol. The minimum atomic E-state index is -1.01. The van der Waals surface area contributed by atoms with Gasteiger partial charge in [0.15, 0.2) is 0 Å². The first kappa shape index (κ1) is 17.0. The maximum Gasteiger partial charge on any atom is 0.326 e. The number of hydrogen-bond donors (Lipinski definition) is 3. The zero-order valence-electron chi connectivity index (χ0n) is 13.1. The van der Waals surface area contributed by atoms with Crippen molar-refractivity contribution in [2.45, 2.75) is 46.6 Å². The molecule has 0 aliphatic rings. The normalized spacial score (nSPS) is 12.0. The van der Waals surface area contributed by atoms with E-state index in [1.165, 1.54) is 0 Å². The topological polar surface area (TPSA) is 78.4 Å². The number of aliphatic carboxylic acids is 1. The number of nitrogens with one attached hydrogen (secondary N) is 2. The van der Waals surface area contributed by atoms with Crippen LogP contribution in [0.3, 0.4) is 0 Å². The number of benzene rings is 1. The van der Waals surface area contributed by atoms with Crippen LogP contribution in [0.2, 0.25) is 0 Å². The Morgan fingerprint density at radius 2 is 1.95 bits per heavy atom. The fourth-order valence-corrected chi connectivity index (χ4v) is 2.20. The quantitative estimate of drug-likeness (QED) is 0.753. The molecule has 21 heavy (non-hydrogen) atoms. The lowest BCUT2D eigenvalue weighted by molar-refractivity contribution is -0.139. The van der Waals surface area contributed by atoms with E-state index in [1.807, 2.05) is 45.9 Å². The van der Waals surface area contributed by atoms with Gasteiger partial charge in [-0.25, -0.2) is 9.59 Å². The van der Waals surface area contributed by atoms with Crippen LogP contribution in [0.15, 0.2) is 18.2 Å². The van der Waals surface area contributed by atoms with Crippen molar-refractivity contribution in [2.24, 2.45) is 5.92 Å². The summed E-state index contributed by atoms with van der Waals surface area (Å²) in [5.41, 5.74) is 2.74. The maximum absolute atomic E-state index is 12.0. The number of urea groups is 1. The molecule has 5 heteroatoms. The molecule has 1 rings (SSSR count). The van der Waals surface area contributed by atoms with E-state index < -0.39 is 18.0 Å². The summed E-state index contributed by atoms with van der Waals surface area (Å²) in [6.07, 6.45) is 1.20. The Labute approximate surface area is 125 Å². The number of carbonyl (C=O) groups excluding carboxylic acids is 1. The molecule has 0 heterocycles. The highest BCUT2D eigenvalue weighted by molar-refractivity contribution is 5.93. The van der Waals surface area contributed by atoms with Crippen LogP contribution >= 0.6 is 0 Å². The third-order valence-electron chi connectivity index (χ3n) is 3.29. The Kier molecular flexibility index (Phi) is 6.21. The molecule has 5 nitrogen and oxygen atoms in total. The van der Waals surface area contributed by atoms with Crippen molar-refractivity contribution in [1.29, 1.82) is 0 Å². The second kappa shape index (κ2) is 7.67. The summed E-state index contributed by atoms with van der Waals surface area (Å²) in [6, 6.07) is 4.45. The SMILES string of the molecule is CCc1cccc(C)c1NC(=O)N[C@H](CC(C)C)C(=O)O. The molecule has 0 radical (unpaired) electrons. The summed E-state index contributed by atoms with van der Waals surface area (Å²) in [5, 5.41) is 14.5. The minimum absolute atomic E-state index is 0.191. The third kappa shape index (κ3) is 5.10. The molecule has 0 saturated heterocycles. The van der Waals surface area contributed by atoms with Gasteiger partial charge in [-0.3, -0.25) is 0 Å². The van der Waals surface area contributed by atoms with Crippen molar-refractivity contribution in [1.82, 2.24) is 5.32 Å². The molecule has 0 bridgehead atoms. The van der Waals surface area contributed by atoms with Crippen molar-refractivity contribution in [2.75, 3.05) is 5.32 Å². The van der Waals surface area contributed by atoms with E-state index in [1.54, 1.807) is 0 Å². The van der Waals surface area contributed by atoms with Crippen molar-refractivity contribution in [3.05, 3.63) is 29.3 Å². The van der Waals surface area contributed by atoms with Crippen LogP contribution in [0.25, 0.3) is 0 Å². The fraction of sp³-hybridized carbons (Fsp3) is 0.500. The van der Waals surface area contributed by atoms with Gasteiger partial charge in [-0.2, -0.15) is 0 Å². The van der Waals surface area contributed by atoms with E-state index in [9.17, 15) is 9.59 Å². The highest BCUT2D eigenvalue weighted by Gasteiger charge is 2.21. The number of anilines is 1. The Bertz CT molecular complexity index is 512. The summed E-state index contributed by atoms with van der Waals surface area (Å²) in [4.78, 5) is 23.2. The Morgan fingerprint density at radius 1 is 1.29 bits per heavy atom. The van der Waals surface area contributed by atoms with Crippen LogP contribution in [0.5, 0.6) is 0 Å². The van der Waals surface area contributed by atoms with E-state index in [4.69, 9.17) is 5.11 Å². The molecule has 1 aromatic rings. The summed E-state index contributed by atoms with van der Waals surface area (Å²) in [5.74, 6) is -0.824. The lowest BCUT2D eigenvalue weighted by Gasteiger charge is -2.18. The van der Waals surface area contributed by atoms with Gasteiger partial charge in [0, 0.05) is 5.69 Å². The van der Waals surface area contributed by atoms with Crippen LogP contribution < -0.4 is 10.6 Å². The number of aryl methyl sites for hydroxylation is 2. The molecule has 116 valence electrons.